The van der Waals surface area contributed by atoms with E-state index in [1.54, 1.807) is 57.4 Å². The van der Waals surface area contributed by atoms with Crippen molar-refractivity contribution in [3.8, 4) is 17.1 Å². The zero-order valence-electron chi connectivity index (χ0n) is 21.2. The second-order valence-electron chi connectivity index (χ2n) is 8.55. The van der Waals surface area contributed by atoms with Crippen LogP contribution in [0.4, 0.5) is 5.69 Å². The van der Waals surface area contributed by atoms with Gasteiger partial charge in [0.05, 0.1) is 34.4 Å². The Kier molecular flexibility index (Phi) is 6.99. The summed E-state index contributed by atoms with van der Waals surface area (Å²) in [5.41, 5.74) is 1.33. The minimum atomic E-state index is -0.951. The number of carbonyl (C=O) groups excluding carboxylic acids is 1. The molecule has 2 aromatic heterocycles. The second-order valence-corrected chi connectivity index (χ2v) is 9.56. The number of allylic oxidation sites excluding steroid dienone is 1. The number of furan rings is 1. The largest absolute Gasteiger partial charge is 0.496 e. The molecule has 0 unspecified atom stereocenters. The van der Waals surface area contributed by atoms with Crippen LogP contribution in [0, 0.1) is 10.1 Å². The number of methoxy groups -OCH3 is 1. The van der Waals surface area contributed by atoms with E-state index in [9.17, 15) is 19.7 Å². The molecule has 0 saturated carbocycles. The minimum absolute atomic E-state index is 0.0854. The Morgan fingerprint density at radius 3 is 2.74 bits per heavy atom. The third-order valence-electron chi connectivity index (χ3n) is 6.18. The van der Waals surface area contributed by atoms with Gasteiger partial charge >= 0.3 is 5.97 Å². The maximum Gasteiger partial charge on any atom is 0.338 e. The molecule has 0 bridgehead atoms. The Morgan fingerprint density at radius 2 is 2.00 bits per heavy atom. The van der Waals surface area contributed by atoms with Gasteiger partial charge in [-0.1, -0.05) is 41.7 Å². The molecular formula is C28H23N3O7S. The standard InChI is InChI=1S/C28H23N3O7S/c1-4-37-27(33)24-16(2)29-28-30(26(32)23(39-28)15-18-8-5-6-11-20(18)36-3)25(24)22-13-12-21(38-22)17-9-7-10-19(14-17)31(34)35/h5-15,25H,4H2,1-3H3/b23-15-/t25-/m0/s1. The number of thiazole rings is 1. The first kappa shape index (κ1) is 25.9. The van der Waals surface area contributed by atoms with Crippen molar-refractivity contribution >= 4 is 29.1 Å². The number of nitrogens with zero attached hydrogens (tertiary/aromatic N) is 3. The number of nitro benzene ring substituents is 1. The Labute approximate surface area is 225 Å². The van der Waals surface area contributed by atoms with Gasteiger partial charge in [0, 0.05) is 23.3 Å². The molecule has 0 saturated heterocycles. The third-order valence-corrected chi connectivity index (χ3v) is 7.16. The second kappa shape index (κ2) is 10.5. The molecule has 0 N–H and O–H groups in total. The van der Waals surface area contributed by atoms with E-state index in [2.05, 4.69) is 4.99 Å². The van der Waals surface area contributed by atoms with Crippen molar-refractivity contribution in [2.75, 3.05) is 13.7 Å². The molecule has 0 radical (unpaired) electrons. The molecule has 2 aromatic carbocycles. The van der Waals surface area contributed by atoms with Crippen LogP contribution in [0.5, 0.6) is 5.75 Å². The molecule has 10 nitrogen and oxygen atoms in total. The lowest BCUT2D eigenvalue weighted by Gasteiger charge is -2.22. The number of carbonyl (C=O) groups is 1. The van der Waals surface area contributed by atoms with Crippen LogP contribution in [-0.4, -0.2) is 29.2 Å². The zero-order chi connectivity index (χ0) is 27.7. The quantitative estimate of drug-likeness (QED) is 0.195. The van der Waals surface area contributed by atoms with Gasteiger partial charge in [0.2, 0.25) is 0 Å². The van der Waals surface area contributed by atoms with Crippen molar-refractivity contribution in [3.05, 3.63) is 113 Å². The van der Waals surface area contributed by atoms with E-state index in [0.717, 1.165) is 0 Å². The summed E-state index contributed by atoms with van der Waals surface area (Å²) < 4.78 is 18.7. The van der Waals surface area contributed by atoms with E-state index in [1.807, 2.05) is 18.2 Å². The van der Waals surface area contributed by atoms with Crippen molar-refractivity contribution in [2.24, 2.45) is 4.99 Å². The maximum absolute atomic E-state index is 13.8. The molecule has 198 valence electrons. The van der Waals surface area contributed by atoms with E-state index < -0.39 is 16.9 Å². The van der Waals surface area contributed by atoms with Crippen LogP contribution in [0.3, 0.4) is 0 Å². The van der Waals surface area contributed by atoms with Crippen LogP contribution in [-0.2, 0) is 9.53 Å². The lowest BCUT2D eigenvalue weighted by molar-refractivity contribution is -0.384. The Bertz CT molecular complexity index is 1810. The van der Waals surface area contributed by atoms with Crippen molar-refractivity contribution in [3.63, 3.8) is 0 Å². The van der Waals surface area contributed by atoms with Crippen molar-refractivity contribution in [1.82, 2.24) is 4.57 Å². The highest BCUT2D eigenvalue weighted by Gasteiger charge is 2.35. The van der Waals surface area contributed by atoms with Gasteiger partial charge in [-0.2, -0.15) is 0 Å². The normalized spacial score (nSPS) is 15.1. The fourth-order valence-electron chi connectivity index (χ4n) is 4.42. The Morgan fingerprint density at radius 1 is 1.21 bits per heavy atom. The number of non-ortho nitro benzene ring substituents is 1. The molecule has 1 atom stereocenters. The summed E-state index contributed by atoms with van der Waals surface area (Å²) in [5.74, 6) is 0.633. The first-order valence-electron chi connectivity index (χ1n) is 12.0. The van der Waals surface area contributed by atoms with Crippen LogP contribution in [0.2, 0.25) is 0 Å². The predicted molar refractivity (Wildman–Crippen MR) is 144 cm³/mol. The minimum Gasteiger partial charge on any atom is -0.496 e. The fraction of sp³-hybridized carbons (Fsp3) is 0.179. The third kappa shape index (κ3) is 4.79. The highest BCUT2D eigenvalue weighted by Crippen LogP contribution is 2.35. The molecule has 0 spiro atoms. The number of esters is 1. The molecule has 1 aliphatic rings. The number of hydrogen-bond acceptors (Lipinski definition) is 9. The van der Waals surface area contributed by atoms with Gasteiger partial charge in [-0.15, -0.1) is 0 Å². The summed E-state index contributed by atoms with van der Waals surface area (Å²) in [6.07, 6.45) is 1.72. The monoisotopic (exact) mass is 545 g/mol. The van der Waals surface area contributed by atoms with Crippen LogP contribution in [0.15, 0.2) is 86.1 Å². The topological polar surface area (TPSA) is 126 Å². The smallest absolute Gasteiger partial charge is 0.338 e. The van der Waals surface area contributed by atoms with E-state index in [4.69, 9.17) is 13.9 Å². The average molecular weight is 546 g/mol. The number of rotatable bonds is 7. The molecule has 4 aromatic rings. The molecule has 5 rings (SSSR count). The summed E-state index contributed by atoms with van der Waals surface area (Å²) in [7, 11) is 1.55. The van der Waals surface area contributed by atoms with Gasteiger partial charge in [-0.3, -0.25) is 19.5 Å². The van der Waals surface area contributed by atoms with Crippen molar-refractivity contribution in [2.45, 2.75) is 19.9 Å². The van der Waals surface area contributed by atoms with Crippen LogP contribution >= 0.6 is 11.3 Å². The van der Waals surface area contributed by atoms with Crippen LogP contribution in [0.25, 0.3) is 17.4 Å². The number of aromatic nitrogens is 1. The molecular weight excluding hydrogens is 522 g/mol. The van der Waals surface area contributed by atoms with Crippen molar-refractivity contribution in [1.29, 1.82) is 0 Å². The van der Waals surface area contributed by atoms with Gasteiger partial charge in [0.15, 0.2) is 4.80 Å². The highest BCUT2D eigenvalue weighted by molar-refractivity contribution is 7.07. The molecule has 0 fully saturated rings. The number of ether oxygens (including phenoxy) is 2. The Hall–Kier alpha value is -4.77. The average Bonchev–Trinajstić information content (AvgIpc) is 3.53. The van der Waals surface area contributed by atoms with Gasteiger partial charge in [0.25, 0.3) is 11.2 Å². The predicted octanol–water partition coefficient (Wildman–Crippen LogP) is 3.98. The lowest BCUT2D eigenvalue weighted by Crippen LogP contribution is -2.39. The van der Waals surface area contributed by atoms with E-state index >= 15 is 0 Å². The zero-order valence-corrected chi connectivity index (χ0v) is 22.1. The molecule has 0 amide bonds. The van der Waals surface area contributed by atoms with E-state index in [0.29, 0.717) is 43.4 Å². The fourth-order valence-corrected chi connectivity index (χ4v) is 5.45. The molecule has 0 aliphatic carbocycles. The van der Waals surface area contributed by atoms with E-state index in [-0.39, 0.29) is 23.4 Å². The number of fused-ring (bicyclic) bond motifs is 1. The summed E-state index contributed by atoms with van der Waals surface area (Å²) in [6.45, 7) is 3.51. The summed E-state index contributed by atoms with van der Waals surface area (Å²) in [4.78, 5) is 42.6. The summed E-state index contributed by atoms with van der Waals surface area (Å²) in [6, 6.07) is 15.7. The van der Waals surface area contributed by atoms with E-state index in [1.165, 1.54) is 28.0 Å². The van der Waals surface area contributed by atoms with Crippen LogP contribution in [0.1, 0.15) is 31.2 Å². The molecule has 1 aliphatic heterocycles. The number of hydrogen-bond donors (Lipinski definition) is 0. The van der Waals surface area contributed by atoms with Gasteiger partial charge in [-0.25, -0.2) is 9.79 Å². The van der Waals surface area contributed by atoms with Gasteiger partial charge < -0.3 is 13.9 Å². The molecule has 3 heterocycles. The first-order valence-corrected chi connectivity index (χ1v) is 12.8. The molecule has 39 heavy (non-hydrogen) atoms. The number of benzene rings is 2. The molecule has 11 heteroatoms. The van der Waals surface area contributed by atoms with Crippen molar-refractivity contribution < 1.29 is 23.6 Å². The SMILES string of the molecule is CCOC(=O)C1=C(C)N=c2s/c(=C\c3ccccc3OC)c(=O)n2[C@H]1c1ccc(-c2cccc([N+](=O)[O-])c2)o1. The first-order chi connectivity index (χ1) is 18.8. The number of para-hydroxylation sites is 1. The maximum atomic E-state index is 13.8. The van der Waals surface area contributed by atoms with Gasteiger partial charge in [-0.05, 0) is 38.1 Å². The lowest BCUT2D eigenvalue weighted by atomic mass is 10.0. The van der Waals surface area contributed by atoms with Gasteiger partial charge in [0.1, 0.15) is 23.3 Å². The summed E-state index contributed by atoms with van der Waals surface area (Å²) in [5, 5.41) is 11.3. The highest BCUT2D eigenvalue weighted by atomic mass is 32.1. The number of nitro groups is 1. The Balaban J connectivity index is 1.69. The summed E-state index contributed by atoms with van der Waals surface area (Å²) >= 11 is 1.18. The van der Waals surface area contributed by atoms with Crippen LogP contribution < -0.4 is 19.6 Å².